The normalized spacial score (nSPS) is 26.7. The Morgan fingerprint density at radius 3 is 2.71 bits per heavy atom. The number of hydrogen-bond donors (Lipinski definition) is 2. The minimum Gasteiger partial charge on any atom is -0.409 e. The first-order valence-electron chi connectivity index (χ1n) is 6.46. The maximum Gasteiger partial charge on any atom is 0.222 e. The maximum atomic E-state index is 12.0. The average molecular weight is 239 g/mol. The average Bonchev–Trinajstić information content (AvgIpc) is 2.32. The number of carbonyl (C=O) groups is 1. The predicted octanol–water partition coefficient (Wildman–Crippen LogP) is 1.16. The highest BCUT2D eigenvalue weighted by Gasteiger charge is 2.28. The van der Waals surface area contributed by atoms with Crippen LogP contribution in [0.4, 0.5) is 0 Å². The molecule has 1 aliphatic carbocycles. The van der Waals surface area contributed by atoms with Crippen molar-refractivity contribution in [1.82, 2.24) is 4.90 Å². The maximum absolute atomic E-state index is 12.0. The number of rotatable bonds is 3. The molecule has 0 radical (unpaired) electrons. The molecule has 2 fully saturated rings. The molecule has 0 aromatic rings. The van der Waals surface area contributed by atoms with Gasteiger partial charge in [0, 0.05) is 25.4 Å². The number of hydrogen-bond acceptors (Lipinski definition) is 3. The smallest absolute Gasteiger partial charge is 0.222 e. The number of carbonyl (C=O) groups excluding carboxylic acids is 1. The van der Waals surface area contributed by atoms with E-state index in [9.17, 15) is 4.79 Å². The molecule has 1 atom stereocenters. The first kappa shape index (κ1) is 12.2. The molecular formula is C12H21N3O2. The molecule has 1 saturated carbocycles. The Morgan fingerprint density at radius 1 is 1.35 bits per heavy atom. The molecule has 0 bridgehead atoms. The van der Waals surface area contributed by atoms with Crippen LogP contribution in [0.25, 0.3) is 0 Å². The van der Waals surface area contributed by atoms with Crippen LogP contribution >= 0.6 is 0 Å². The van der Waals surface area contributed by atoms with Gasteiger partial charge in [-0.2, -0.15) is 0 Å². The largest absolute Gasteiger partial charge is 0.409 e. The van der Waals surface area contributed by atoms with Crippen molar-refractivity contribution in [1.29, 1.82) is 0 Å². The minimum atomic E-state index is 0.0269. The standard InChI is InChI=1S/C12H21N3O2/c13-12(14-17)10-5-2-6-15(8-10)11(16)7-9-3-1-4-9/h9-10,17H,1-8H2,(H2,13,14). The van der Waals surface area contributed by atoms with E-state index < -0.39 is 0 Å². The fourth-order valence-corrected chi connectivity index (χ4v) is 2.60. The molecule has 0 aromatic heterocycles. The van der Waals surface area contributed by atoms with Gasteiger partial charge in [0.05, 0.1) is 0 Å². The molecule has 5 nitrogen and oxygen atoms in total. The Kier molecular flexibility index (Phi) is 3.86. The second-order valence-electron chi connectivity index (χ2n) is 5.20. The monoisotopic (exact) mass is 239 g/mol. The van der Waals surface area contributed by atoms with Gasteiger partial charge < -0.3 is 15.8 Å². The molecule has 1 unspecified atom stereocenters. The summed E-state index contributed by atoms with van der Waals surface area (Å²) in [6.45, 7) is 1.43. The lowest BCUT2D eigenvalue weighted by atomic mass is 9.82. The van der Waals surface area contributed by atoms with Gasteiger partial charge in [-0.15, -0.1) is 0 Å². The molecule has 96 valence electrons. The van der Waals surface area contributed by atoms with Crippen LogP contribution in [0, 0.1) is 11.8 Å². The van der Waals surface area contributed by atoms with Gasteiger partial charge in [0.25, 0.3) is 0 Å². The summed E-state index contributed by atoms with van der Waals surface area (Å²) in [5, 5.41) is 11.7. The van der Waals surface area contributed by atoms with Crippen LogP contribution in [-0.2, 0) is 4.79 Å². The highest BCUT2D eigenvalue weighted by atomic mass is 16.4. The van der Waals surface area contributed by atoms with E-state index in [2.05, 4.69) is 5.16 Å². The summed E-state index contributed by atoms with van der Waals surface area (Å²) in [4.78, 5) is 13.9. The minimum absolute atomic E-state index is 0.0269. The van der Waals surface area contributed by atoms with E-state index >= 15 is 0 Å². The summed E-state index contributed by atoms with van der Waals surface area (Å²) in [6.07, 6.45) is 6.19. The molecule has 2 aliphatic rings. The first-order valence-corrected chi connectivity index (χ1v) is 6.46. The number of piperidine rings is 1. The van der Waals surface area contributed by atoms with Gasteiger partial charge in [-0.3, -0.25) is 4.79 Å². The van der Waals surface area contributed by atoms with Gasteiger partial charge in [-0.1, -0.05) is 11.6 Å². The van der Waals surface area contributed by atoms with Crippen LogP contribution in [-0.4, -0.2) is 34.9 Å². The lowest BCUT2D eigenvalue weighted by Crippen LogP contribution is -2.44. The van der Waals surface area contributed by atoms with Crippen LogP contribution in [0.1, 0.15) is 38.5 Å². The first-order chi connectivity index (χ1) is 8.20. The summed E-state index contributed by atoms with van der Waals surface area (Å²) in [7, 11) is 0. The van der Waals surface area contributed by atoms with Gasteiger partial charge >= 0.3 is 0 Å². The van der Waals surface area contributed by atoms with E-state index in [0.717, 1.165) is 19.4 Å². The van der Waals surface area contributed by atoms with Crippen molar-refractivity contribution in [3.8, 4) is 0 Å². The zero-order valence-corrected chi connectivity index (χ0v) is 10.1. The van der Waals surface area contributed by atoms with Crippen LogP contribution in [0.15, 0.2) is 5.16 Å². The van der Waals surface area contributed by atoms with Crippen LogP contribution < -0.4 is 5.73 Å². The molecule has 0 spiro atoms. The van der Waals surface area contributed by atoms with Crippen LogP contribution in [0.2, 0.25) is 0 Å². The lowest BCUT2D eigenvalue weighted by Gasteiger charge is -2.34. The molecule has 1 heterocycles. The van der Waals surface area contributed by atoms with Crippen molar-refractivity contribution in [3.05, 3.63) is 0 Å². The van der Waals surface area contributed by atoms with Crippen LogP contribution in [0.5, 0.6) is 0 Å². The molecule has 1 saturated heterocycles. The number of nitrogens with two attached hydrogens (primary N) is 1. The molecule has 1 aliphatic heterocycles. The van der Waals surface area contributed by atoms with E-state index in [1.54, 1.807) is 0 Å². The Bertz CT molecular complexity index is 313. The quantitative estimate of drug-likeness (QED) is 0.336. The number of amidine groups is 1. The SMILES string of the molecule is NC(=NO)C1CCCN(C(=O)CC2CCC2)C1. The Labute approximate surface area is 102 Å². The number of nitrogens with zero attached hydrogens (tertiary/aromatic N) is 2. The number of likely N-dealkylation sites (tertiary alicyclic amines) is 1. The number of amides is 1. The van der Waals surface area contributed by atoms with Gasteiger partial charge in [0.2, 0.25) is 5.91 Å². The summed E-state index contributed by atoms with van der Waals surface area (Å²) < 4.78 is 0. The van der Waals surface area contributed by atoms with Crippen molar-refractivity contribution >= 4 is 11.7 Å². The predicted molar refractivity (Wildman–Crippen MR) is 64.7 cm³/mol. The van der Waals surface area contributed by atoms with E-state index in [1.165, 1.54) is 19.3 Å². The molecular weight excluding hydrogens is 218 g/mol. The van der Waals surface area contributed by atoms with Crippen molar-refractivity contribution in [2.45, 2.75) is 38.5 Å². The molecule has 1 amide bonds. The van der Waals surface area contributed by atoms with E-state index in [4.69, 9.17) is 10.9 Å². The van der Waals surface area contributed by atoms with Gasteiger partial charge in [0.15, 0.2) is 0 Å². The fourth-order valence-electron chi connectivity index (χ4n) is 2.60. The van der Waals surface area contributed by atoms with Crippen molar-refractivity contribution < 1.29 is 10.0 Å². The third-order valence-electron chi connectivity index (χ3n) is 4.00. The van der Waals surface area contributed by atoms with Gasteiger partial charge in [-0.05, 0) is 31.6 Å². The summed E-state index contributed by atoms with van der Waals surface area (Å²) in [5.74, 6) is 1.13. The van der Waals surface area contributed by atoms with Crippen molar-refractivity contribution in [3.63, 3.8) is 0 Å². The van der Waals surface area contributed by atoms with Crippen LogP contribution in [0.3, 0.4) is 0 Å². The zero-order valence-electron chi connectivity index (χ0n) is 10.1. The third kappa shape index (κ3) is 2.90. The second-order valence-corrected chi connectivity index (χ2v) is 5.20. The van der Waals surface area contributed by atoms with E-state index in [0.29, 0.717) is 18.9 Å². The van der Waals surface area contributed by atoms with E-state index in [1.807, 2.05) is 4.90 Å². The Hall–Kier alpha value is -1.26. The summed E-state index contributed by atoms with van der Waals surface area (Å²) >= 11 is 0. The lowest BCUT2D eigenvalue weighted by molar-refractivity contribution is -0.134. The second kappa shape index (κ2) is 5.38. The Balaban J connectivity index is 1.85. The highest BCUT2D eigenvalue weighted by molar-refractivity contribution is 5.84. The zero-order chi connectivity index (χ0) is 12.3. The third-order valence-corrected chi connectivity index (χ3v) is 4.00. The number of oxime groups is 1. The molecule has 3 N–H and O–H groups in total. The highest BCUT2D eigenvalue weighted by Crippen LogP contribution is 2.30. The molecule has 5 heteroatoms. The van der Waals surface area contributed by atoms with Gasteiger partial charge in [-0.25, -0.2) is 0 Å². The Morgan fingerprint density at radius 2 is 2.12 bits per heavy atom. The molecule has 17 heavy (non-hydrogen) atoms. The summed E-state index contributed by atoms with van der Waals surface area (Å²) in [6, 6.07) is 0. The molecule has 2 rings (SSSR count). The fraction of sp³-hybridized carbons (Fsp3) is 0.833. The van der Waals surface area contributed by atoms with E-state index in [-0.39, 0.29) is 17.7 Å². The van der Waals surface area contributed by atoms with Crippen molar-refractivity contribution in [2.75, 3.05) is 13.1 Å². The topological polar surface area (TPSA) is 78.9 Å². The van der Waals surface area contributed by atoms with Crippen molar-refractivity contribution in [2.24, 2.45) is 22.7 Å². The summed E-state index contributed by atoms with van der Waals surface area (Å²) in [5.41, 5.74) is 5.61. The van der Waals surface area contributed by atoms with Gasteiger partial charge in [0.1, 0.15) is 5.84 Å². The molecule has 0 aromatic carbocycles.